The number of benzene rings is 1. The van der Waals surface area contributed by atoms with Gasteiger partial charge in [0.2, 0.25) is 5.89 Å². The lowest BCUT2D eigenvalue weighted by atomic mass is 9.86. The highest BCUT2D eigenvalue weighted by atomic mass is 16.4. The molecule has 0 spiro atoms. The minimum Gasteiger partial charge on any atom is -0.481 e. The Morgan fingerprint density at radius 3 is 2.74 bits per heavy atom. The van der Waals surface area contributed by atoms with Crippen LogP contribution in [0.5, 0.6) is 0 Å². The van der Waals surface area contributed by atoms with E-state index in [0.29, 0.717) is 11.6 Å². The molecule has 1 heterocycles. The summed E-state index contributed by atoms with van der Waals surface area (Å²) in [4.78, 5) is 14.8. The van der Waals surface area contributed by atoms with Crippen molar-refractivity contribution in [2.24, 2.45) is 0 Å². The lowest BCUT2D eigenvalue weighted by molar-refractivity contribution is -0.136. The van der Waals surface area contributed by atoms with Gasteiger partial charge in [-0.05, 0) is 23.1 Å². The van der Waals surface area contributed by atoms with Crippen LogP contribution in [0, 0.1) is 0 Å². The summed E-state index contributed by atoms with van der Waals surface area (Å²) < 4.78 is 5.34. The fraction of sp³-hybridized carbons (Fsp3) is 0.333. The normalized spacial score (nSPS) is 11.5. The Bertz CT molecular complexity index is 593. The van der Waals surface area contributed by atoms with Crippen molar-refractivity contribution < 1.29 is 14.3 Å². The van der Waals surface area contributed by atoms with Crippen LogP contribution >= 0.6 is 0 Å². The number of oxazole rings is 1. The van der Waals surface area contributed by atoms with Crippen molar-refractivity contribution in [2.45, 2.75) is 32.6 Å². The molecule has 4 heteroatoms. The second-order valence-electron chi connectivity index (χ2n) is 5.55. The Kier molecular flexibility index (Phi) is 3.42. The van der Waals surface area contributed by atoms with Gasteiger partial charge >= 0.3 is 5.97 Å². The van der Waals surface area contributed by atoms with E-state index in [1.807, 2.05) is 18.2 Å². The number of hydrogen-bond donors (Lipinski definition) is 1. The van der Waals surface area contributed by atoms with Crippen molar-refractivity contribution >= 4 is 5.97 Å². The number of rotatable bonds is 3. The van der Waals surface area contributed by atoms with Crippen LogP contribution in [-0.2, 0) is 16.6 Å². The van der Waals surface area contributed by atoms with Gasteiger partial charge in [-0.2, -0.15) is 0 Å². The zero-order chi connectivity index (χ0) is 14.0. The largest absolute Gasteiger partial charge is 0.481 e. The smallest absolute Gasteiger partial charge is 0.309 e. The highest BCUT2D eigenvalue weighted by Crippen LogP contribution is 2.27. The van der Waals surface area contributed by atoms with Crippen molar-refractivity contribution in [3.63, 3.8) is 0 Å². The molecule has 0 aliphatic heterocycles. The second-order valence-corrected chi connectivity index (χ2v) is 5.55. The maximum Gasteiger partial charge on any atom is 0.309 e. The summed E-state index contributed by atoms with van der Waals surface area (Å²) in [6, 6.07) is 7.95. The van der Waals surface area contributed by atoms with Gasteiger partial charge in [-0.15, -0.1) is 0 Å². The van der Waals surface area contributed by atoms with Gasteiger partial charge in [-0.3, -0.25) is 4.79 Å². The van der Waals surface area contributed by atoms with E-state index in [4.69, 9.17) is 9.52 Å². The average molecular weight is 259 g/mol. The third-order valence-electron chi connectivity index (χ3n) is 2.86. The lowest BCUT2D eigenvalue weighted by Crippen LogP contribution is -2.10. The molecule has 1 N–H and O–H groups in total. The number of aliphatic carboxylic acids is 1. The standard InChI is InChI=1S/C15H17NO3/c1-15(2,3)11-6-4-5-10(7-11)14-16-12(9-19-14)8-13(17)18/h4-7,9H,8H2,1-3H3,(H,17,18). The van der Waals surface area contributed by atoms with Crippen LogP contribution in [0.3, 0.4) is 0 Å². The van der Waals surface area contributed by atoms with Gasteiger partial charge in [0.1, 0.15) is 6.26 Å². The number of carbonyl (C=O) groups is 1. The van der Waals surface area contributed by atoms with E-state index < -0.39 is 5.97 Å². The molecule has 0 radical (unpaired) electrons. The fourth-order valence-corrected chi connectivity index (χ4v) is 1.79. The van der Waals surface area contributed by atoms with Crippen LogP contribution in [0.25, 0.3) is 11.5 Å². The molecule has 1 aromatic heterocycles. The molecule has 0 aliphatic rings. The summed E-state index contributed by atoms with van der Waals surface area (Å²) in [5.41, 5.74) is 2.53. The molecule has 2 aromatic rings. The van der Waals surface area contributed by atoms with E-state index in [1.165, 1.54) is 11.8 Å². The number of carboxylic acid groups (broad SMARTS) is 1. The van der Waals surface area contributed by atoms with Crippen molar-refractivity contribution in [2.75, 3.05) is 0 Å². The molecular weight excluding hydrogens is 242 g/mol. The summed E-state index contributed by atoms with van der Waals surface area (Å²) >= 11 is 0. The zero-order valence-corrected chi connectivity index (χ0v) is 11.3. The summed E-state index contributed by atoms with van der Waals surface area (Å²) in [7, 11) is 0. The third kappa shape index (κ3) is 3.22. The molecule has 100 valence electrons. The van der Waals surface area contributed by atoms with Crippen LogP contribution in [0.2, 0.25) is 0 Å². The van der Waals surface area contributed by atoms with Crippen molar-refractivity contribution in [1.82, 2.24) is 4.98 Å². The van der Waals surface area contributed by atoms with Gasteiger partial charge in [0, 0.05) is 5.56 Å². The zero-order valence-electron chi connectivity index (χ0n) is 11.3. The van der Waals surface area contributed by atoms with Gasteiger partial charge < -0.3 is 9.52 Å². The maximum absolute atomic E-state index is 10.6. The molecule has 0 fully saturated rings. The minimum absolute atomic E-state index is 0.0481. The predicted octanol–water partition coefficient (Wildman–Crippen LogP) is 3.27. The first-order valence-electron chi connectivity index (χ1n) is 6.13. The van der Waals surface area contributed by atoms with Crippen molar-refractivity contribution in [3.05, 3.63) is 41.8 Å². The maximum atomic E-state index is 10.6. The molecule has 19 heavy (non-hydrogen) atoms. The number of nitrogens with zero attached hydrogens (tertiary/aromatic N) is 1. The van der Waals surface area contributed by atoms with E-state index in [2.05, 4.69) is 31.8 Å². The molecule has 0 amide bonds. The molecule has 1 aromatic carbocycles. The molecule has 0 atom stereocenters. The first kappa shape index (κ1) is 13.3. The summed E-state index contributed by atoms with van der Waals surface area (Å²) in [5.74, 6) is -0.453. The summed E-state index contributed by atoms with van der Waals surface area (Å²) in [6.07, 6.45) is 1.27. The first-order chi connectivity index (χ1) is 8.86. The van der Waals surface area contributed by atoms with Gasteiger partial charge in [-0.1, -0.05) is 32.9 Å². The Balaban J connectivity index is 2.32. The number of hydrogen-bond acceptors (Lipinski definition) is 3. The van der Waals surface area contributed by atoms with E-state index >= 15 is 0 Å². The van der Waals surface area contributed by atoms with E-state index in [0.717, 1.165) is 5.56 Å². The van der Waals surface area contributed by atoms with E-state index in [-0.39, 0.29) is 11.8 Å². The Labute approximate surface area is 112 Å². The monoisotopic (exact) mass is 259 g/mol. The average Bonchev–Trinajstić information content (AvgIpc) is 2.76. The highest BCUT2D eigenvalue weighted by molar-refractivity contribution is 5.69. The first-order valence-corrected chi connectivity index (χ1v) is 6.13. The van der Waals surface area contributed by atoms with Gasteiger partial charge in [0.15, 0.2) is 0 Å². The van der Waals surface area contributed by atoms with Gasteiger partial charge in [0.05, 0.1) is 12.1 Å². The SMILES string of the molecule is CC(C)(C)c1cccc(-c2nc(CC(=O)O)co2)c1. The molecule has 0 unspecified atom stereocenters. The molecule has 0 aliphatic carbocycles. The van der Waals surface area contributed by atoms with Crippen LogP contribution < -0.4 is 0 Å². The quantitative estimate of drug-likeness (QED) is 0.918. The van der Waals surface area contributed by atoms with Crippen LogP contribution in [0.15, 0.2) is 34.9 Å². The van der Waals surface area contributed by atoms with E-state index in [1.54, 1.807) is 0 Å². The third-order valence-corrected chi connectivity index (χ3v) is 2.86. The van der Waals surface area contributed by atoms with Crippen LogP contribution in [0.1, 0.15) is 32.0 Å². The lowest BCUT2D eigenvalue weighted by Gasteiger charge is -2.19. The van der Waals surface area contributed by atoms with Gasteiger partial charge in [0.25, 0.3) is 0 Å². The second kappa shape index (κ2) is 4.88. The topological polar surface area (TPSA) is 63.3 Å². The molecule has 4 nitrogen and oxygen atoms in total. The van der Waals surface area contributed by atoms with Crippen molar-refractivity contribution in [3.8, 4) is 11.5 Å². The predicted molar refractivity (Wildman–Crippen MR) is 72.0 cm³/mol. The van der Waals surface area contributed by atoms with Gasteiger partial charge in [-0.25, -0.2) is 4.98 Å². The summed E-state index contributed by atoms with van der Waals surface area (Å²) in [5, 5.41) is 8.72. The highest BCUT2D eigenvalue weighted by Gasteiger charge is 2.16. The molecule has 2 rings (SSSR count). The fourth-order valence-electron chi connectivity index (χ4n) is 1.79. The number of aromatic nitrogens is 1. The Hall–Kier alpha value is -2.10. The Morgan fingerprint density at radius 1 is 1.37 bits per heavy atom. The molecular formula is C15H17NO3. The molecule has 0 bridgehead atoms. The van der Waals surface area contributed by atoms with Crippen LogP contribution in [-0.4, -0.2) is 16.1 Å². The Morgan fingerprint density at radius 2 is 2.11 bits per heavy atom. The number of carboxylic acids is 1. The molecule has 0 saturated carbocycles. The minimum atomic E-state index is -0.914. The summed E-state index contributed by atoms with van der Waals surface area (Å²) in [6.45, 7) is 6.41. The van der Waals surface area contributed by atoms with E-state index in [9.17, 15) is 4.79 Å². The van der Waals surface area contributed by atoms with Crippen LogP contribution in [0.4, 0.5) is 0 Å². The molecule has 0 saturated heterocycles. The van der Waals surface area contributed by atoms with Crippen molar-refractivity contribution in [1.29, 1.82) is 0 Å².